The lowest BCUT2D eigenvalue weighted by Gasteiger charge is -2.21. The van der Waals surface area contributed by atoms with E-state index in [1.807, 2.05) is 0 Å². The van der Waals surface area contributed by atoms with Crippen molar-refractivity contribution in [3.05, 3.63) is 29.2 Å². The highest BCUT2D eigenvalue weighted by atomic mass is 16.5. The number of hydrogen-bond acceptors (Lipinski definition) is 6. The molecule has 1 saturated heterocycles. The number of aromatic amines is 1. The first-order valence-electron chi connectivity index (χ1n) is 7.80. The van der Waals surface area contributed by atoms with Gasteiger partial charge < -0.3 is 14.2 Å². The molecule has 0 bridgehead atoms. The first-order valence-corrected chi connectivity index (χ1v) is 7.80. The molecule has 3 heterocycles. The number of methoxy groups -OCH3 is 1. The number of nitrogens with one attached hydrogen (secondary N) is 1. The molecule has 0 saturated carbocycles. The van der Waals surface area contributed by atoms with Crippen molar-refractivity contribution in [2.24, 2.45) is 0 Å². The molecule has 1 aliphatic heterocycles. The fraction of sp³-hybridized carbons (Fsp3) is 0.600. The Bertz CT molecular complexity index is 680. The quantitative estimate of drug-likeness (QED) is 0.900. The number of hydrogen-bond donors (Lipinski definition) is 1. The zero-order chi connectivity index (χ0) is 16.4. The van der Waals surface area contributed by atoms with Gasteiger partial charge in [-0.2, -0.15) is 10.1 Å². The van der Waals surface area contributed by atoms with E-state index in [0.29, 0.717) is 30.2 Å². The van der Waals surface area contributed by atoms with E-state index < -0.39 is 0 Å². The van der Waals surface area contributed by atoms with Crippen LogP contribution in [0.5, 0.6) is 0 Å². The van der Waals surface area contributed by atoms with E-state index in [9.17, 15) is 4.79 Å². The predicted octanol–water partition coefficient (Wildman–Crippen LogP) is 1.66. The third kappa shape index (κ3) is 2.98. The number of carbonyl (C=O) groups excluding carboxylic acids is 1. The van der Waals surface area contributed by atoms with Crippen LogP contribution >= 0.6 is 0 Å². The summed E-state index contributed by atoms with van der Waals surface area (Å²) in [5.74, 6) is 0.932. The molecule has 8 heteroatoms. The van der Waals surface area contributed by atoms with Gasteiger partial charge in [-0.25, -0.2) is 0 Å². The lowest BCUT2D eigenvalue weighted by Crippen LogP contribution is -2.32. The Labute approximate surface area is 134 Å². The Kier molecular flexibility index (Phi) is 4.42. The van der Waals surface area contributed by atoms with E-state index in [1.165, 1.54) is 0 Å². The third-order valence-electron chi connectivity index (χ3n) is 4.13. The van der Waals surface area contributed by atoms with Crippen molar-refractivity contribution in [2.75, 3.05) is 13.7 Å². The molecule has 3 rings (SSSR count). The van der Waals surface area contributed by atoms with E-state index in [2.05, 4.69) is 27.3 Å². The summed E-state index contributed by atoms with van der Waals surface area (Å²) in [5, 5.41) is 10.8. The number of H-pyrrole nitrogens is 1. The Morgan fingerprint density at radius 2 is 2.39 bits per heavy atom. The standard InChI is InChI=1S/C15H21N5O3/c1-4-5-12-11(7-16-18-12)15(21)20-8-10(22-3)6-13(20)14-17-9(2)19-23-14/h7,10,13H,4-6,8H2,1-3H3,(H,16,18)/t10-,13+/m0/s1. The van der Waals surface area contributed by atoms with Gasteiger partial charge in [0.05, 0.1) is 17.9 Å². The van der Waals surface area contributed by atoms with Crippen LogP contribution in [0.2, 0.25) is 0 Å². The van der Waals surface area contributed by atoms with Crippen LogP contribution in [0.4, 0.5) is 0 Å². The molecule has 2 atom stereocenters. The molecular formula is C15H21N5O3. The van der Waals surface area contributed by atoms with Crippen LogP contribution in [0.3, 0.4) is 0 Å². The number of aromatic nitrogens is 4. The summed E-state index contributed by atoms with van der Waals surface area (Å²) >= 11 is 0. The molecular weight excluding hydrogens is 298 g/mol. The second kappa shape index (κ2) is 6.49. The van der Waals surface area contributed by atoms with Crippen molar-refractivity contribution < 1.29 is 14.1 Å². The number of aryl methyl sites for hydroxylation is 2. The van der Waals surface area contributed by atoms with Crippen molar-refractivity contribution >= 4 is 5.91 Å². The largest absolute Gasteiger partial charge is 0.380 e. The molecule has 8 nitrogen and oxygen atoms in total. The number of carbonyl (C=O) groups is 1. The molecule has 2 aromatic rings. The summed E-state index contributed by atoms with van der Waals surface area (Å²) in [6.07, 6.45) is 3.91. The highest BCUT2D eigenvalue weighted by Crippen LogP contribution is 2.34. The lowest BCUT2D eigenvalue weighted by atomic mass is 10.1. The molecule has 1 fully saturated rings. The van der Waals surface area contributed by atoms with Gasteiger partial charge >= 0.3 is 0 Å². The topological polar surface area (TPSA) is 97.1 Å². The second-order valence-electron chi connectivity index (χ2n) is 5.76. The van der Waals surface area contributed by atoms with Crippen LogP contribution in [-0.2, 0) is 11.2 Å². The number of likely N-dealkylation sites (tertiary alicyclic amines) is 1. The van der Waals surface area contributed by atoms with Crippen LogP contribution in [0.1, 0.15) is 53.6 Å². The van der Waals surface area contributed by atoms with Crippen molar-refractivity contribution in [3.8, 4) is 0 Å². The highest BCUT2D eigenvalue weighted by molar-refractivity contribution is 5.95. The van der Waals surface area contributed by atoms with E-state index in [1.54, 1.807) is 25.1 Å². The minimum Gasteiger partial charge on any atom is -0.380 e. The summed E-state index contributed by atoms with van der Waals surface area (Å²) < 4.78 is 10.7. The molecule has 0 spiro atoms. The fourth-order valence-corrected chi connectivity index (χ4v) is 2.97. The summed E-state index contributed by atoms with van der Waals surface area (Å²) in [5.41, 5.74) is 1.46. The van der Waals surface area contributed by atoms with E-state index >= 15 is 0 Å². The summed E-state index contributed by atoms with van der Waals surface area (Å²) in [7, 11) is 1.65. The lowest BCUT2D eigenvalue weighted by molar-refractivity contribution is 0.0670. The Morgan fingerprint density at radius 3 is 3.04 bits per heavy atom. The van der Waals surface area contributed by atoms with Gasteiger partial charge in [-0.15, -0.1) is 0 Å². The van der Waals surface area contributed by atoms with Crippen molar-refractivity contribution in [1.29, 1.82) is 0 Å². The van der Waals surface area contributed by atoms with Gasteiger partial charge in [-0.05, 0) is 13.3 Å². The van der Waals surface area contributed by atoms with Gasteiger partial charge in [-0.1, -0.05) is 18.5 Å². The fourth-order valence-electron chi connectivity index (χ4n) is 2.97. The van der Waals surface area contributed by atoms with Crippen LogP contribution in [0.15, 0.2) is 10.7 Å². The summed E-state index contributed by atoms with van der Waals surface area (Å²) in [4.78, 5) is 19.0. The predicted molar refractivity (Wildman–Crippen MR) is 80.8 cm³/mol. The SMILES string of the molecule is CCCc1[nH]ncc1C(=O)N1C[C@@H](OC)C[C@@H]1c1nc(C)no1. The molecule has 2 aromatic heterocycles. The number of ether oxygens (including phenoxy) is 1. The number of rotatable bonds is 5. The Hall–Kier alpha value is -2.22. The summed E-state index contributed by atoms with van der Waals surface area (Å²) in [6.45, 7) is 4.32. The first kappa shape index (κ1) is 15.7. The maximum atomic E-state index is 13.0. The van der Waals surface area contributed by atoms with Crippen molar-refractivity contribution in [1.82, 2.24) is 25.2 Å². The highest BCUT2D eigenvalue weighted by Gasteiger charge is 2.40. The number of nitrogens with zero attached hydrogens (tertiary/aromatic N) is 4. The molecule has 124 valence electrons. The zero-order valence-corrected chi connectivity index (χ0v) is 13.6. The molecule has 0 aromatic carbocycles. The molecule has 1 amide bonds. The van der Waals surface area contributed by atoms with Crippen molar-refractivity contribution in [3.63, 3.8) is 0 Å². The van der Waals surface area contributed by atoms with Gasteiger partial charge in [0, 0.05) is 25.8 Å². The van der Waals surface area contributed by atoms with Crippen LogP contribution in [0, 0.1) is 6.92 Å². The molecule has 0 unspecified atom stereocenters. The normalized spacial score (nSPS) is 21.1. The average molecular weight is 319 g/mol. The molecule has 1 N–H and O–H groups in total. The monoisotopic (exact) mass is 319 g/mol. The van der Waals surface area contributed by atoms with E-state index in [4.69, 9.17) is 9.26 Å². The molecule has 0 aliphatic carbocycles. The molecule has 0 radical (unpaired) electrons. The number of amides is 1. The maximum absolute atomic E-state index is 13.0. The van der Waals surface area contributed by atoms with E-state index in [0.717, 1.165) is 18.5 Å². The van der Waals surface area contributed by atoms with Gasteiger partial charge in [0.15, 0.2) is 5.82 Å². The minimum absolute atomic E-state index is 0.0438. The Balaban J connectivity index is 1.88. The smallest absolute Gasteiger partial charge is 0.258 e. The minimum atomic E-state index is -0.266. The molecule has 23 heavy (non-hydrogen) atoms. The first-order chi connectivity index (χ1) is 11.1. The Morgan fingerprint density at radius 1 is 1.57 bits per heavy atom. The van der Waals surface area contributed by atoms with Crippen LogP contribution in [-0.4, -0.2) is 50.9 Å². The van der Waals surface area contributed by atoms with Crippen LogP contribution in [0.25, 0.3) is 0 Å². The zero-order valence-electron chi connectivity index (χ0n) is 13.6. The van der Waals surface area contributed by atoms with Gasteiger partial charge in [0.2, 0.25) is 5.89 Å². The van der Waals surface area contributed by atoms with E-state index in [-0.39, 0.29) is 18.1 Å². The summed E-state index contributed by atoms with van der Waals surface area (Å²) in [6, 6.07) is -0.266. The second-order valence-corrected chi connectivity index (χ2v) is 5.76. The van der Waals surface area contributed by atoms with Gasteiger partial charge in [0.25, 0.3) is 5.91 Å². The average Bonchev–Trinajstić information content (AvgIpc) is 3.25. The third-order valence-corrected chi connectivity index (χ3v) is 4.13. The maximum Gasteiger partial charge on any atom is 0.258 e. The van der Waals surface area contributed by atoms with Gasteiger partial charge in [0.1, 0.15) is 6.04 Å². The van der Waals surface area contributed by atoms with Crippen LogP contribution < -0.4 is 0 Å². The van der Waals surface area contributed by atoms with Gasteiger partial charge in [-0.3, -0.25) is 9.89 Å². The van der Waals surface area contributed by atoms with Crippen molar-refractivity contribution in [2.45, 2.75) is 45.3 Å². The molecule has 1 aliphatic rings.